The summed E-state index contributed by atoms with van der Waals surface area (Å²) in [6.07, 6.45) is 16.0. The zero-order chi connectivity index (χ0) is 13.6. The Morgan fingerprint density at radius 1 is 1.17 bits per heavy atom. The van der Waals surface area contributed by atoms with Crippen molar-refractivity contribution in [2.24, 2.45) is 5.92 Å². The normalized spacial score (nSPS) is 12.7. The van der Waals surface area contributed by atoms with Gasteiger partial charge in [0.15, 0.2) is 0 Å². The van der Waals surface area contributed by atoms with Crippen LogP contribution in [-0.2, 0) is 4.79 Å². The van der Waals surface area contributed by atoms with Crippen LogP contribution in [0.3, 0.4) is 0 Å². The molecule has 2 heteroatoms. The molecule has 0 saturated carbocycles. The van der Waals surface area contributed by atoms with Gasteiger partial charge < -0.3 is 5.11 Å². The van der Waals surface area contributed by atoms with E-state index in [9.17, 15) is 4.79 Å². The fourth-order valence-electron chi connectivity index (χ4n) is 2.00. The molecule has 0 spiro atoms. The summed E-state index contributed by atoms with van der Waals surface area (Å²) in [5.74, 6) is -0.349. The predicted octanol–water partition coefficient (Wildman–Crippen LogP) is 4.96. The fraction of sp³-hybridized carbons (Fsp3) is 0.688. The van der Waals surface area contributed by atoms with Crippen LogP contribution in [-0.4, -0.2) is 11.1 Å². The molecule has 1 atom stereocenters. The van der Waals surface area contributed by atoms with Gasteiger partial charge in [0.05, 0.1) is 0 Å². The highest BCUT2D eigenvalue weighted by Crippen LogP contribution is 2.14. The summed E-state index contributed by atoms with van der Waals surface area (Å²) in [5.41, 5.74) is 0. The average molecular weight is 252 g/mol. The van der Waals surface area contributed by atoms with E-state index in [-0.39, 0.29) is 0 Å². The number of hydrogen-bond donors (Lipinski definition) is 1. The van der Waals surface area contributed by atoms with Gasteiger partial charge in [-0.05, 0) is 25.2 Å². The Balaban J connectivity index is 3.20. The monoisotopic (exact) mass is 252 g/mol. The number of carbonyl (C=O) groups is 1. The van der Waals surface area contributed by atoms with Crippen LogP contribution < -0.4 is 0 Å². The fourth-order valence-corrected chi connectivity index (χ4v) is 2.00. The first-order valence-corrected chi connectivity index (χ1v) is 7.14. The number of carboxylic acid groups (broad SMARTS) is 1. The van der Waals surface area contributed by atoms with Crippen LogP contribution in [0, 0.1) is 5.92 Å². The molecular formula is C16H28O2. The van der Waals surface area contributed by atoms with Gasteiger partial charge in [-0.25, -0.2) is 0 Å². The van der Waals surface area contributed by atoms with E-state index < -0.39 is 5.97 Å². The highest BCUT2D eigenvalue weighted by Gasteiger charge is 2.06. The van der Waals surface area contributed by atoms with Crippen molar-refractivity contribution in [1.82, 2.24) is 0 Å². The maximum absolute atomic E-state index is 10.5. The van der Waals surface area contributed by atoms with Gasteiger partial charge in [0, 0.05) is 6.42 Å². The second-order valence-electron chi connectivity index (χ2n) is 5.04. The molecule has 104 valence electrons. The number of rotatable bonds is 12. The Labute approximate surface area is 112 Å². The highest BCUT2D eigenvalue weighted by molar-refractivity contribution is 5.66. The molecule has 0 aromatic rings. The van der Waals surface area contributed by atoms with Crippen molar-refractivity contribution in [3.05, 3.63) is 24.8 Å². The van der Waals surface area contributed by atoms with E-state index in [2.05, 4.69) is 18.7 Å². The van der Waals surface area contributed by atoms with E-state index in [1.54, 1.807) is 0 Å². The zero-order valence-electron chi connectivity index (χ0n) is 11.7. The largest absolute Gasteiger partial charge is 0.481 e. The average Bonchev–Trinajstić information content (AvgIpc) is 2.30. The molecule has 0 aliphatic heterocycles. The van der Waals surface area contributed by atoms with E-state index in [4.69, 9.17) is 5.11 Å². The summed E-state index contributed by atoms with van der Waals surface area (Å²) in [4.78, 5) is 10.5. The summed E-state index contributed by atoms with van der Waals surface area (Å²) in [6, 6.07) is 0. The molecule has 0 aliphatic carbocycles. The third-order valence-corrected chi connectivity index (χ3v) is 3.06. The molecule has 0 amide bonds. The Hall–Kier alpha value is -1.05. The van der Waals surface area contributed by atoms with Crippen molar-refractivity contribution in [3.63, 3.8) is 0 Å². The summed E-state index contributed by atoms with van der Waals surface area (Å²) in [7, 11) is 0. The Morgan fingerprint density at radius 3 is 2.50 bits per heavy atom. The molecule has 18 heavy (non-hydrogen) atoms. The van der Waals surface area contributed by atoms with Gasteiger partial charge in [-0.3, -0.25) is 4.79 Å². The predicted molar refractivity (Wildman–Crippen MR) is 77.7 cm³/mol. The van der Waals surface area contributed by atoms with Gasteiger partial charge in [0.25, 0.3) is 0 Å². The van der Waals surface area contributed by atoms with Crippen molar-refractivity contribution in [2.75, 3.05) is 0 Å². The summed E-state index contributed by atoms with van der Waals surface area (Å²) in [5, 5.41) is 8.63. The third-order valence-electron chi connectivity index (χ3n) is 3.06. The molecule has 0 aliphatic rings. The molecule has 1 unspecified atom stereocenters. The smallest absolute Gasteiger partial charge is 0.303 e. The van der Waals surface area contributed by atoms with Gasteiger partial charge in [-0.15, -0.1) is 6.58 Å². The minimum absolute atomic E-state index is 0.314. The van der Waals surface area contributed by atoms with E-state index in [0.29, 0.717) is 12.3 Å². The van der Waals surface area contributed by atoms with Gasteiger partial charge in [0.1, 0.15) is 0 Å². The number of unbranched alkanes of at least 4 members (excludes halogenated alkanes) is 5. The first-order chi connectivity index (χ1) is 8.66. The van der Waals surface area contributed by atoms with E-state index in [1.807, 2.05) is 13.0 Å². The van der Waals surface area contributed by atoms with Gasteiger partial charge >= 0.3 is 5.97 Å². The van der Waals surface area contributed by atoms with E-state index in [1.165, 1.54) is 38.5 Å². The lowest BCUT2D eigenvalue weighted by molar-refractivity contribution is -0.138. The van der Waals surface area contributed by atoms with Crippen LogP contribution >= 0.6 is 0 Å². The molecule has 0 rings (SSSR count). The second kappa shape index (κ2) is 12.4. The molecule has 0 fully saturated rings. The summed E-state index contributed by atoms with van der Waals surface area (Å²) in [6.45, 7) is 5.70. The minimum Gasteiger partial charge on any atom is -0.481 e. The van der Waals surface area contributed by atoms with E-state index in [0.717, 1.165) is 12.8 Å². The number of hydrogen-bond acceptors (Lipinski definition) is 1. The summed E-state index contributed by atoms with van der Waals surface area (Å²) >= 11 is 0. The molecule has 0 radical (unpaired) electrons. The van der Waals surface area contributed by atoms with Crippen LogP contribution in [0.1, 0.15) is 64.7 Å². The van der Waals surface area contributed by atoms with Gasteiger partial charge in [0.2, 0.25) is 0 Å². The Morgan fingerprint density at radius 2 is 1.83 bits per heavy atom. The molecule has 0 saturated heterocycles. The lowest BCUT2D eigenvalue weighted by Crippen LogP contribution is -2.03. The van der Waals surface area contributed by atoms with Crippen LogP contribution in [0.5, 0.6) is 0 Å². The van der Waals surface area contributed by atoms with Crippen molar-refractivity contribution < 1.29 is 9.90 Å². The van der Waals surface area contributed by atoms with Crippen molar-refractivity contribution in [3.8, 4) is 0 Å². The SMILES string of the molecule is C=CCC=CCCCCCCCC(C)CC(=O)O. The second-order valence-corrected chi connectivity index (χ2v) is 5.04. The number of allylic oxidation sites excluding steroid dienone is 3. The standard InChI is InChI=1S/C16H28O2/c1-3-4-5-6-7-8-9-10-11-12-13-15(2)14-16(17)18/h3,5-6,15H,1,4,7-14H2,2H3,(H,17,18). The zero-order valence-corrected chi connectivity index (χ0v) is 11.7. The highest BCUT2D eigenvalue weighted by atomic mass is 16.4. The maximum Gasteiger partial charge on any atom is 0.303 e. The first kappa shape index (κ1) is 16.9. The van der Waals surface area contributed by atoms with Crippen LogP contribution in [0.25, 0.3) is 0 Å². The minimum atomic E-state index is -0.672. The van der Waals surface area contributed by atoms with Crippen LogP contribution in [0.4, 0.5) is 0 Å². The summed E-state index contributed by atoms with van der Waals surface area (Å²) < 4.78 is 0. The van der Waals surface area contributed by atoms with Crippen molar-refractivity contribution in [2.45, 2.75) is 64.7 Å². The maximum atomic E-state index is 10.5. The Kier molecular flexibility index (Phi) is 11.7. The van der Waals surface area contributed by atoms with Crippen molar-refractivity contribution in [1.29, 1.82) is 0 Å². The third kappa shape index (κ3) is 13.0. The number of carboxylic acids is 1. The molecule has 0 bridgehead atoms. The van der Waals surface area contributed by atoms with Crippen LogP contribution in [0.2, 0.25) is 0 Å². The quantitative estimate of drug-likeness (QED) is 0.394. The molecular weight excluding hydrogens is 224 g/mol. The lowest BCUT2D eigenvalue weighted by Gasteiger charge is -2.07. The van der Waals surface area contributed by atoms with Crippen molar-refractivity contribution >= 4 is 5.97 Å². The molecule has 0 aromatic heterocycles. The molecule has 1 N–H and O–H groups in total. The molecule has 0 heterocycles. The molecule has 0 aromatic carbocycles. The topological polar surface area (TPSA) is 37.3 Å². The van der Waals surface area contributed by atoms with Crippen LogP contribution in [0.15, 0.2) is 24.8 Å². The van der Waals surface area contributed by atoms with E-state index >= 15 is 0 Å². The number of aliphatic carboxylic acids is 1. The molecule has 2 nitrogen and oxygen atoms in total. The lowest BCUT2D eigenvalue weighted by atomic mass is 9.99. The van der Waals surface area contributed by atoms with Gasteiger partial charge in [-0.1, -0.05) is 57.3 Å². The first-order valence-electron chi connectivity index (χ1n) is 7.14. The van der Waals surface area contributed by atoms with Gasteiger partial charge in [-0.2, -0.15) is 0 Å². The Bertz CT molecular complexity index is 243.